The summed E-state index contributed by atoms with van der Waals surface area (Å²) in [5.41, 5.74) is 0.298. The van der Waals surface area contributed by atoms with Crippen molar-refractivity contribution >= 4 is 38.5 Å². The van der Waals surface area contributed by atoms with E-state index in [2.05, 4.69) is 20.9 Å². The molecule has 0 aliphatic carbocycles. The number of halogens is 4. The molecule has 0 N–H and O–H groups in total. The Labute approximate surface area is 102 Å². The monoisotopic (exact) mass is 377 g/mol. The highest BCUT2D eigenvalue weighted by Gasteiger charge is 2.18. The van der Waals surface area contributed by atoms with E-state index in [4.69, 9.17) is 4.74 Å². The Morgan fingerprint density at radius 2 is 2.29 bits per heavy atom. The van der Waals surface area contributed by atoms with Crippen molar-refractivity contribution in [2.24, 2.45) is 0 Å². The van der Waals surface area contributed by atoms with Crippen LogP contribution >= 0.6 is 38.5 Å². The molecule has 0 aliphatic rings. The zero-order valence-corrected chi connectivity index (χ0v) is 11.0. The van der Waals surface area contributed by atoms with E-state index in [0.29, 0.717) is 10.9 Å². The second kappa shape index (κ2) is 5.20. The van der Waals surface area contributed by atoms with Crippen molar-refractivity contribution in [1.82, 2.24) is 4.98 Å². The maximum absolute atomic E-state index is 12.6. The van der Waals surface area contributed by atoms with Gasteiger partial charge in [-0.2, -0.15) is 0 Å². The Morgan fingerprint density at radius 1 is 1.64 bits per heavy atom. The average molecular weight is 378 g/mol. The molecule has 0 aromatic carbocycles. The fourth-order valence-corrected chi connectivity index (χ4v) is 2.80. The van der Waals surface area contributed by atoms with Crippen molar-refractivity contribution in [3.63, 3.8) is 0 Å². The number of rotatable bonds is 3. The molecule has 6 heteroatoms. The summed E-state index contributed by atoms with van der Waals surface area (Å²) in [5, 5.41) is 0.363. The van der Waals surface area contributed by atoms with Crippen molar-refractivity contribution in [3.05, 3.63) is 20.9 Å². The summed E-state index contributed by atoms with van der Waals surface area (Å²) in [7, 11) is 1.40. The van der Waals surface area contributed by atoms with Gasteiger partial charge in [-0.05, 0) is 22.6 Å². The van der Waals surface area contributed by atoms with Gasteiger partial charge in [-0.25, -0.2) is 13.8 Å². The number of methoxy groups -OCH3 is 1. The van der Waals surface area contributed by atoms with Gasteiger partial charge in [0.25, 0.3) is 6.43 Å². The van der Waals surface area contributed by atoms with Crippen molar-refractivity contribution in [1.29, 1.82) is 0 Å². The van der Waals surface area contributed by atoms with Gasteiger partial charge in [-0.15, -0.1) is 0 Å². The van der Waals surface area contributed by atoms with Crippen molar-refractivity contribution in [3.8, 4) is 5.88 Å². The lowest BCUT2D eigenvalue weighted by molar-refractivity contribution is 0.144. The molecule has 0 spiro atoms. The van der Waals surface area contributed by atoms with Gasteiger partial charge >= 0.3 is 0 Å². The summed E-state index contributed by atoms with van der Waals surface area (Å²) in [5.74, 6) is 0.217. The fraction of sp³-hybridized carbons (Fsp3) is 0.375. The molecule has 14 heavy (non-hydrogen) atoms. The third-order valence-corrected chi connectivity index (χ3v) is 3.15. The minimum Gasteiger partial charge on any atom is -0.481 e. The van der Waals surface area contributed by atoms with Gasteiger partial charge in [0.15, 0.2) is 0 Å². The quantitative estimate of drug-likeness (QED) is 0.594. The number of aromatic nitrogens is 1. The number of hydrogen-bond donors (Lipinski definition) is 0. The molecule has 2 nitrogen and oxygen atoms in total. The van der Waals surface area contributed by atoms with Crippen LogP contribution in [0.1, 0.15) is 17.7 Å². The number of nitrogens with zero attached hydrogens (tertiary/aromatic N) is 1. The summed E-state index contributed by atoms with van der Waals surface area (Å²) >= 11 is 5.14. The molecule has 1 rings (SSSR count). The van der Waals surface area contributed by atoms with Crippen LogP contribution in [0.4, 0.5) is 8.78 Å². The molecule has 1 aromatic rings. The molecule has 0 amide bonds. The van der Waals surface area contributed by atoms with Crippen LogP contribution in [0.25, 0.3) is 0 Å². The second-order valence-electron chi connectivity index (χ2n) is 2.44. The second-order valence-corrected chi connectivity index (χ2v) is 4.17. The molecule has 0 unspecified atom stereocenters. The maximum Gasteiger partial charge on any atom is 0.280 e. The summed E-state index contributed by atoms with van der Waals surface area (Å²) in [6, 6.07) is 1.63. The SMILES string of the molecule is COc1cc(I)c(CBr)c(C(F)F)n1. The Morgan fingerprint density at radius 3 is 2.71 bits per heavy atom. The van der Waals surface area contributed by atoms with Gasteiger partial charge in [-0.1, -0.05) is 15.9 Å². The van der Waals surface area contributed by atoms with E-state index in [0.717, 1.165) is 3.57 Å². The molecule has 0 radical (unpaired) electrons. The van der Waals surface area contributed by atoms with Crippen LogP contribution < -0.4 is 4.74 Å². The molecular weight excluding hydrogens is 371 g/mol. The lowest BCUT2D eigenvalue weighted by Gasteiger charge is -2.09. The third kappa shape index (κ3) is 2.53. The highest BCUT2D eigenvalue weighted by atomic mass is 127. The summed E-state index contributed by atoms with van der Waals surface area (Å²) in [4.78, 5) is 3.72. The zero-order valence-electron chi connectivity index (χ0n) is 7.23. The molecule has 0 atom stereocenters. The lowest BCUT2D eigenvalue weighted by atomic mass is 10.2. The van der Waals surface area contributed by atoms with Crippen LogP contribution in [0, 0.1) is 3.57 Å². The van der Waals surface area contributed by atoms with Crippen LogP contribution in [0.3, 0.4) is 0 Å². The number of ether oxygens (including phenoxy) is 1. The standard InChI is InChI=1S/C8H7BrF2INO/c1-14-6-2-5(12)4(3-9)7(13-6)8(10)11/h2,8H,3H2,1H3. The van der Waals surface area contributed by atoms with Gasteiger partial charge in [-0.3, -0.25) is 0 Å². The highest BCUT2D eigenvalue weighted by Crippen LogP contribution is 2.29. The zero-order chi connectivity index (χ0) is 10.7. The minimum absolute atomic E-state index is 0.217. The summed E-state index contributed by atoms with van der Waals surface area (Å²) in [6.45, 7) is 0. The number of alkyl halides is 3. The van der Waals surface area contributed by atoms with Gasteiger partial charge in [0.2, 0.25) is 5.88 Å². The normalized spacial score (nSPS) is 10.7. The first-order valence-corrected chi connectivity index (χ1v) is 5.87. The Kier molecular flexibility index (Phi) is 4.49. The van der Waals surface area contributed by atoms with E-state index >= 15 is 0 Å². The molecule has 0 saturated carbocycles. The maximum atomic E-state index is 12.6. The fourth-order valence-electron chi connectivity index (χ4n) is 0.954. The summed E-state index contributed by atoms with van der Waals surface area (Å²) < 4.78 is 30.7. The first-order chi connectivity index (χ1) is 6.60. The first kappa shape index (κ1) is 12.1. The summed E-state index contributed by atoms with van der Waals surface area (Å²) in [6.07, 6.45) is -2.58. The van der Waals surface area contributed by atoms with Crippen LogP contribution in [0.2, 0.25) is 0 Å². The van der Waals surface area contributed by atoms with Crippen molar-refractivity contribution in [2.45, 2.75) is 11.8 Å². The lowest BCUT2D eigenvalue weighted by Crippen LogP contribution is -2.02. The first-order valence-electron chi connectivity index (χ1n) is 3.67. The highest BCUT2D eigenvalue weighted by molar-refractivity contribution is 14.1. The average Bonchev–Trinajstić information content (AvgIpc) is 2.16. The van der Waals surface area contributed by atoms with Crippen LogP contribution in [-0.2, 0) is 5.33 Å². The van der Waals surface area contributed by atoms with E-state index in [1.165, 1.54) is 7.11 Å². The van der Waals surface area contributed by atoms with E-state index in [-0.39, 0.29) is 11.6 Å². The minimum atomic E-state index is -2.58. The largest absolute Gasteiger partial charge is 0.481 e. The van der Waals surface area contributed by atoms with Crippen molar-refractivity contribution in [2.75, 3.05) is 7.11 Å². The van der Waals surface area contributed by atoms with Crippen molar-refractivity contribution < 1.29 is 13.5 Å². The Hall–Kier alpha value is 0.0200. The molecule has 78 valence electrons. The number of pyridine rings is 1. The molecule has 0 fully saturated rings. The Bertz CT molecular complexity index is 335. The van der Waals surface area contributed by atoms with Crippen LogP contribution in [0.15, 0.2) is 6.07 Å². The van der Waals surface area contributed by atoms with Crippen LogP contribution in [-0.4, -0.2) is 12.1 Å². The Balaban J connectivity index is 3.28. The molecule has 1 heterocycles. The third-order valence-electron chi connectivity index (χ3n) is 1.63. The topological polar surface area (TPSA) is 22.1 Å². The predicted octanol–water partition coefficient (Wildman–Crippen LogP) is 3.53. The van der Waals surface area contributed by atoms with Gasteiger partial charge in [0.1, 0.15) is 5.69 Å². The van der Waals surface area contributed by atoms with E-state index in [1.807, 2.05) is 22.6 Å². The molecular formula is C8H7BrF2INO. The van der Waals surface area contributed by atoms with Gasteiger partial charge in [0, 0.05) is 20.5 Å². The van der Waals surface area contributed by atoms with E-state index in [1.54, 1.807) is 6.07 Å². The predicted molar refractivity (Wildman–Crippen MR) is 61.1 cm³/mol. The van der Waals surface area contributed by atoms with E-state index in [9.17, 15) is 8.78 Å². The molecule has 0 aliphatic heterocycles. The van der Waals surface area contributed by atoms with Gasteiger partial charge in [0.05, 0.1) is 7.11 Å². The van der Waals surface area contributed by atoms with Gasteiger partial charge < -0.3 is 4.74 Å². The number of hydrogen-bond acceptors (Lipinski definition) is 2. The molecule has 0 saturated heterocycles. The smallest absolute Gasteiger partial charge is 0.280 e. The van der Waals surface area contributed by atoms with Crippen LogP contribution in [0.5, 0.6) is 5.88 Å². The van der Waals surface area contributed by atoms with E-state index < -0.39 is 6.43 Å². The molecule has 0 bridgehead atoms. The molecule has 1 aromatic heterocycles.